The molecule has 0 unspecified atom stereocenters. The molecule has 2 nitrogen and oxygen atoms in total. The van der Waals surface area contributed by atoms with Crippen molar-refractivity contribution in [1.82, 2.24) is 9.80 Å². The molecule has 0 radical (unpaired) electrons. The van der Waals surface area contributed by atoms with Gasteiger partial charge in [-0.05, 0) is 41.9 Å². The third kappa shape index (κ3) is 4.38. The van der Waals surface area contributed by atoms with Crippen LogP contribution >= 0.6 is 0 Å². The minimum absolute atomic E-state index is 0.643. The molecule has 2 heteroatoms. The van der Waals surface area contributed by atoms with Gasteiger partial charge in [0.25, 0.3) is 0 Å². The lowest BCUT2D eigenvalue weighted by Crippen LogP contribution is -2.41. The van der Waals surface area contributed by atoms with E-state index < -0.39 is 0 Å². The van der Waals surface area contributed by atoms with Crippen molar-refractivity contribution in [3.8, 4) is 0 Å². The third-order valence-electron chi connectivity index (χ3n) is 2.14. The fourth-order valence-corrected chi connectivity index (χ4v) is 1.17. The van der Waals surface area contributed by atoms with Gasteiger partial charge in [0.15, 0.2) is 0 Å². The quantitative estimate of drug-likeness (QED) is 0.608. The van der Waals surface area contributed by atoms with Gasteiger partial charge in [-0.3, -0.25) is 0 Å². The molecule has 0 amide bonds. The van der Waals surface area contributed by atoms with Gasteiger partial charge >= 0.3 is 0 Å². The van der Waals surface area contributed by atoms with Crippen LogP contribution in [-0.4, -0.2) is 49.6 Å². The van der Waals surface area contributed by atoms with Gasteiger partial charge < -0.3 is 9.80 Å². The Morgan fingerprint density at radius 2 is 1.45 bits per heavy atom. The number of hydrogen-bond acceptors (Lipinski definition) is 2. The fraction of sp³-hybridized carbons (Fsp3) is 1.00. The van der Waals surface area contributed by atoms with Gasteiger partial charge in [0.2, 0.25) is 0 Å². The van der Waals surface area contributed by atoms with Gasteiger partial charge in [-0.1, -0.05) is 0 Å². The van der Waals surface area contributed by atoms with Crippen LogP contribution in [0.5, 0.6) is 0 Å². The smallest absolute Gasteiger partial charge is 0.0194 e. The second kappa shape index (κ2) is 4.73. The third-order valence-corrected chi connectivity index (χ3v) is 2.14. The summed E-state index contributed by atoms with van der Waals surface area (Å²) in [5, 5.41) is 0. The first-order valence-electron chi connectivity index (χ1n) is 4.31. The largest absolute Gasteiger partial charge is 0.308 e. The van der Waals surface area contributed by atoms with E-state index in [0.29, 0.717) is 12.1 Å². The Morgan fingerprint density at radius 1 is 1.00 bits per heavy atom. The van der Waals surface area contributed by atoms with Crippen molar-refractivity contribution in [2.45, 2.75) is 32.9 Å². The molecule has 0 saturated heterocycles. The topological polar surface area (TPSA) is 6.48 Å². The highest BCUT2D eigenvalue weighted by atomic mass is 15.2. The molecular weight excluding hydrogens is 136 g/mol. The summed E-state index contributed by atoms with van der Waals surface area (Å²) in [6, 6.07) is 1.29. The maximum absolute atomic E-state index is 2.39. The van der Waals surface area contributed by atoms with Crippen molar-refractivity contribution in [2.75, 3.05) is 27.7 Å². The van der Waals surface area contributed by atoms with Gasteiger partial charge in [0.05, 0.1) is 0 Å². The Labute approximate surface area is 71.2 Å². The summed E-state index contributed by atoms with van der Waals surface area (Å²) in [5.74, 6) is 0. The molecule has 0 saturated carbocycles. The summed E-state index contributed by atoms with van der Waals surface area (Å²) < 4.78 is 0. The molecule has 0 aromatic rings. The minimum Gasteiger partial charge on any atom is -0.308 e. The highest BCUT2D eigenvalue weighted by Crippen LogP contribution is 2.01. The summed E-state index contributed by atoms with van der Waals surface area (Å²) in [7, 11) is 6.41. The van der Waals surface area contributed by atoms with Gasteiger partial charge in [-0.15, -0.1) is 0 Å². The van der Waals surface area contributed by atoms with E-state index in [-0.39, 0.29) is 0 Å². The van der Waals surface area contributed by atoms with Crippen LogP contribution in [-0.2, 0) is 0 Å². The van der Waals surface area contributed by atoms with E-state index in [9.17, 15) is 0 Å². The zero-order chi connectivity index (χ0) is 9.02. The predicted molar refractivity (Wildman–Crippen MR) is 50.9 cm³/mol. The van der Waals surface area contributed by atoms with Crippen molar-refractivity contribution in [3.05, 3.63) is 0 Å². The van der Waals surface area contributed by atoms with E-state index in [1.54, 1.807) is 0 Å². The number of likely N-dealkylation sites (N-methyl/N-ethyl adjacent to an activating group) is 2. The lowest BCUT2D eigenvalue weighted by molar-refractivity contribution is 0.173. The molecule has 0 aliphatic rings. The molecular formula is C9H22N2. The first kappa shape index (κ1) is 10.9. The molecule has 0 heterocycles. The Bertz CT molecular complexity index is 99.7. The van der Waals surface area contributed by atoms with E-state index in [1.165, 1.54) is 0 Å². The van der Waals surface area contributed by atoms with Gasteiger partial charge in [-0.25, -0.2) is 0 Å². The molecule has 11 heavy (non-hydrogen) atoms. The molecule has 0 aromatic carbocycles. The first-order chi connectivity index (χ1) is 4.95. The molecule has 0 aliphatic heterocycles. The van der Waals surface area contributed by atoms with Crippen LogP contribution in [0.2, 0.25) is 0 Å². The maximum Gasteiger partial charge on any atom is 0.0194 e. The number of hydrogen-bond donors (Lipinski definition) is 0. The van der Waals surface area contributed by atoms with Crippen LogP contribution in [0.1, 0.15) is 20.8 Å². The van der Waals surface area contributed by atoms with E-state index in [4.69, 9.17) is 0 Å². The van der Waals surface area contributed by atoms with E-state index in [1.807, 2.05) is 0 Å². The summed E-state index contributed by atoms with van der Waals surface area (Å²) in [6.07, 6.45) is 0. The SMILES string of the molecule is CC(C)N(C)[C@@H](C)CN(C)C. The van der Waals surface area contributed by atoms with Crippen LogP contribution in [0, 0.1) is 0 Å². The zero-order valence-corrected chi connectivity index (χ0v) is 8.76. The van der Waals surface area contributed by atoms with Crippen molar-refractivity contribution < 1.29 is 0 Å². The molecule has 1 atom stereocenters. The summed E-state index contributed by atoms with van der Waals surface area (Å²) in [5.41, 5.74) is 0. The van der Waals surface area contributed by atoms with E-state index in [2.05, 4.69) is 51.7 Å². The van der Waals surface area contributed by atoms with Crippen LogP contribution in [0.3, 0.4) is 0 Å². The summed E-state index contributed by atoms with van der Waals surface area (Å²) in [6.45, 7) is 7.85. The molecule has 0 rings (SSSR count). The average Bonchev–Trinajstić information content (AvgIpc) is 1.84. The number of nitrogens with zero attached hydrogens (tertiary/aromatic N) is 2. The first-order valence-corrected chi connectivity index (χ1v) is 4.31. The van der Waals surface area contributed by atoms with E-state index >= 15 is 0 Å². The Kier molecular flexibility index (Phi) is 4.69. The Balaban J connectivity index is 3.73. The Hall–Kier alpha value is -0.0800. The van der Waals surface area contributed by atoms with Gasteiger partial charge in [-0.2, -0.15) is 0 Å². The standard InChI is InChI=1S/C9H22N2/c1-8(2)11(6)9(3)7-10(4)5/h8-9H,7H2,1-6H3/t9-/m0/s1. The zero-order valence-electron chi connectivity index (χ0n) is 8.76. The highest BCUT2D eigenvalue weighted by Gasteiger charge is 2.11. The summed E-state index contributed by atoms with van der Waals surface area (Å²) >= 11 is 0. The maximum atomic E-state index is 2.39. The molecule has 68 valence electrons. The molecule has 0 fully saturated rings. The van der Waals surface area contributed by atoms with Crippen molar-refractivity contribution in [3.63, 3.8) is 0 Å². The van der Waals surface area contributed by atoms with Crippen LogP contribution in [0.15, 0.2) is 0 Å². The van der Waals surface area contributed by atoms with Crippen molar-refractivity contribution in [1.29, 1.82) is 0 Å². The van der Waals surface area contributed by atoms with Crippen LogP contribution < -0.4 is 0 Å². The van der Waals surface area contributed by atoms with Crippen LogP contribution in [0.4, 0.5) is 0 Å². The molecule has 0 aromatic heterocycles. The van der Waals surface area contributed by atoms with E-state index in [0.717, 1.165) is 6.54 Å². The van der Waals surface area contributed by atoms with Crippen LogP contribution in [0.25, 0.3) is 0 Å². The lowest BCUT2D eigenvalue weighted by Gasteiger charge is -2.30. The Morgan fingerprint density at radius 3 is 1.73 bits per heavy atom. The molecule has 0 aliphatic carbocycles. The average molecular weight is 158 g/mol. The minimum atomic E-state index is 0.643. The normalized spacial score (nSPS) is 15.0. The van der Waals surface area contributed by atoms with Gasteiger partial charge in [0, 0.05) is 18.6 Å². The second-order valence-electron chi connectivity index (χ2n) is 3.87. The van der Waals surface area contributed by atoms with Crippen molar-refractivity contribution in [2.24, 2.45) is 0 Å². The second-order valence-corrected chi connectivity index (χ2v) is 3.87. The lowest BCUT2D eigenvalue weighted by atomic mass is 10.2. The predicted octanol–water partition coefficient (Wildman–Crippen LogP) is 1.28. The summed E-state index contributed by atoms with van der Waals surface area (Å²) in [4.78, 5) is 4.61. The highest BCUT2D eigenvalue weighted by molar-refractivity contribution is 4.68. The van der Waals surface area contributed by atoms with Crippen molar-refractivity contribution >= 4 is 0 Å². The fourth-order valence-electron chi connectivity index (χ4n) is 1.17. The molecule has 0 bridgehead atoms. The number of rotatable bonds is 4. The molecule has 0 N–H and O–H groups in total. The van der Waals surface area contributed by atoms with Gasteiger partial charge in [0.1, 0.15) is 0 Å². The monoisotopic (exact) mass is 158 g/mol. The molecule has 0 spiro atoms.